The van der Waals surface area contributed by atoms with E-state index in [0.29, 0.717) is 22.4 Å². The zero-order valence-electron chi connectivity index (χ0n) is 22.5. The number of rotatable bonds is 4. The van der Waals surface area contributed by atoms with Gasteiger partial charge in [-0.25, -0.2) is 4.39 Å². The number of para-hydroxylation sites is 1. The summed E-state index contributed by atoms with van der Waals surface area (Å²) in [7, 11) is 0. The summed E-state index contributed by atoms with van der Waals surface area (Å²) < 4.78 is 19.9. The third-order valence-electron chi connectivity index (χ3n) is 8.60. The molecular formula is C35H24FNO5. The van der Waals surface area contributed by atoms with Gasteiger partial charge in [0, 0.05) is 35.1 Å². The first-order valence-corrected chi connectivity index (χ1v) is 13.7. The van der Waals surface area contributed by atoms with Crippen molar-refractivity contribution in [2.45, 2.75) is 24.9 Å². The lowest BCUT2D eigenvalue weighted by atomic mass is 9.64. The molecule has 7 rings (SSSR count). The molecule has 4 aromatic carbocycles. The fourth-order valence-corrected chi connectivity index (χ4v) is 7.04. The van der Waals surface area contributed by atoms with Crippen LogP contribution < -0.4 is 9.64 Å². The molecular weight excluding hydrogens is 533 g/mol. The maximum absolute atomic E-state index is 14.7. The summed E-state index contributed by atoms with van der Waals surface area (Å²) in [5, 5.41) is 0. The number of carbonyl (C=O) groups is 4. The maximum Gasteiger partial charge on any atom is 0.308 e. The second-order valence-electron chi connectivity index (χ2n) is 10.8. The molecule has 0 aromatic heterocycles. The average Bonchev–Trinajstić information content (AvgIpc) is 3.43. The Bertz CT molecular complexity index is 1790. The largest absolute Gasteiger partial charge is 0.424 e. The normalized spacial score (nSPS) is 21.2. The first-order valence-electron chi connectivity index (χ1n) is 13.7. The van der Waals surface area contributed by atoms with E-state index in [4.69, 9.17) is 4.74 Å². The topological polar surface area (TPSA) is 80.8 Å². The Morgan fingerprint density at radius 3 is 2.10 bits per heavy atom. The van der Waals surface area contributed by atoms with Crippen molar-refractivity contribution in [3.05, 3.63) is 137 Å². The summed E-state index contributed by atoms with van der Waals surface area (Å²) in [4.78, 5) is 57.9. The van der Waals surface area contributed by atoms with Gasteiger partial charge in [-0.3, -0.25) is 19.2 Å². The van der Waals surface area contributed by atoms with Gasteiger partial charge in [-0.05, 0) is 23.8 Å². The van der Waals surface area contributed by atoms with Gasteiger partial charge in [0.15, 0.2) is 23.1 Å². The minimum absolute atomic E-state index is 0.213. The van der Waals surface area contributed by atoms with Crippen LogP contribution in [0.15, 0.2) is 103 Å². The molecule has 3 atom stereocenters. The first kappa shape index (κ1) is 25.8. The predicted octanol–water partition coefficient (Wildman–Crippen LogP) is 6.07. The molecule has 0 radical (unpaired) electrons. The number of ether oxygens (including phenoxy) is 1. The Morgan fingerprint density at radius 2 is 1.45 bits per heavy atom. The average molecular weight is 558 g/mol. The smallest absolute Gasteiger partial charge is 0.308 e. The summed E-state index contributed by atoms with van der Waals surface area (Å²) in [6.45, 7) is 1.29. The fraction of sp³-hybridized carbons (Fsp3) is 0.143. The van der Waals surface area contributed by atoms with Crippen molar-refractivity contribution in [3.8, 4) is 5.75 Å². The number of halogens is 1. The summed E-state index contributed by atoms with van der Waals surface area (Å²) in [6.07, 6.45) is 3.59. The first-order chi connectivity index (χ1) is 20.3. The number of fused-ring (bicyclic) bond motifs is 5. The van der Waals surface area contributed by atoms with E-state index in [1.54, 1.807) is 83.8 Å². The zero-order chi connectivity index (χ0) is 29.2. The van der Waals surface area contributed by atoms with Crippen LogP contribution in [0.5, 0.6) is 5.75 Å². The van der Waals surface area contributed by atoms with Gasteiger partial charge in [0.1, 0.15) is 17.3 Å². The van der Waals surface area contributed by atoms with Crippen LogP contribution in [-0.4, -0.2) is 35.4 Å². The number of benzene rings is 4. The highest BCUT2D eigenvalue weighted by Gasteiger charge is 2.71. The van der Waals surface area contributed by atoms with Crippen LogP contribution in [-0.2, 0) is 4.79 Å². The molecule has 0 bridgehead atoms. The van der Waals surface area contributed by atoms with Crippen molar-refractivity contribution in [1.82, 2.24) is 0 Å². The van der Waals surface area contributed by atoms with E-state index in [9.17, 15) is 23.6 Å². The molecule has 0 saturated carbocycles. The molecule has 4 aromatic rings. The van der Waals surface area contributed by atoms with Crippen LogP contribution in [0, 0.1) is 11.2 Å². The molecule has 206 valence electrons. The summed E-state index contributed by atoms with van der Waals surface area (Å²) in [6, 6.07) is 24.2. The standard InChI is InChI=1S/C35H24FNO5/c1-20(38)42-27-13-7-10-22-16-19-28-35(33(40)25-11-5-6-12-26(25)34(35)41)29(21-14-17-24(36)18-15-21)31(37(28)30(22)27)32(39)23-8-3-2-4-9-23/h2-19,28-29,31H,1H3/t28-,29-,31+/m1/s1. The van der Waals surface area contributed by atoms with Crippen molar-refractivity contribution < 1.29 is 28.3 Å². The molecule has 7 heteroatoms. The number of nitrogens with zero attached hydrogens (tertiary/aromatic N) is 1. The number of esters is 1. The van der Waals surface area contributed by atoms with Crippen molar-refractivity contribution in [1.29, 1.82) is 0 Å². The lowest BCUT2D eigenvalue weighted by Gasteiger charge is -2.37. The maximum atomic E-state index is 14.7. The Kier molecular flexibility index (Phi) is 5.80. The summed E-state index contributed by atoms with van der Waals surface area (Å²) in [5.74, 6) is -2.92. The quantitative estimate of drug-likeness (QED) is 0.131. The van der Waals surface area contributed by atoms with E-state index in [1.807, 2.05) is 6.07 Å². The molecule has 1 saturated heterocycles. The zero-order valence-corrected chi connectivity index (χ0v) is 22.5. The molecule has 1 fully saturated rings. The van der Waals surface area contributed by atoms with Crippen molar-refractivity contribution in [2.75, 3.05) is 4.90 Å². The molecule has 2 heterocycles. The Morgan fingerprint density at radius 1 is 0.810 bits per heavy atom. The number of carbonyl (C=O) groups excluding carboxylic acids is 4. The molecule has 1 aliphatic carbocycles. The second-order valence-corrected chi connectivity index (χ2v) is 10.8. The fourth-order valence-electron chi connectivity index (χ4n) is 7.04. The van der Waals surface area contributed by atoms with Crippen molar-refractivity contribution >= 4 is 35.1 Å². The lowest BCUT2D eigenvalue weighted by molar-refractivity contribution is -0.131. The highest BCUT2D eigenvalue weighted by Crippen LogP contribution is 2.62. The van der Waals surface area contributed by atoms with Gasteiger partial charge in [0.25, 0.3) is 0 Å². The summed E-state index contributed by atoms with van der Waals surface area (Å²) >= 11 is 0. The third-order valence-corrected chi connectivity index (χ3v) is 8.60. The van der Waals surface area contributed by atoms with Gasteiger partial charge in [0.2, 0.25) is 0 Å². The lowest BCUT2D eigenvalue weighted by Crippen LogP contribution is -2.48. The monoisotopic (exact) mass is 557 g/mol. The van der Waals surface area contributed by atoms with Crippen LogP contribution in [0.2, 0.25) is 0 Å². The van der Waals surface area contributed by atoms with Gasteiger partial charge < -0.3 is 9.64 Å². The molecule has 6 nitrogen and oxygen atoms in total. The molecule has 0 N–H and O–H groups in total. The van der Waals surface area contributed by atoms with Gasteiger partial charge in [-0.2, -0.15) is 0 Å². The third kappa shape index (κ3) is 3.49. The number of anilines is 1. The Hall–Kier alpha value is -5.17. The SMILES string of the molecule is CC(=O)Oc1cccc2c1N1[C@H](C(=O)c3ccccc3)[C@@H](c3ccc(F)cc3)C3(C(=O)c4ccccc4C3=O)[C@H]1C=C2. The second kappa shape index (κ2) is 9.45. The van der Waals surface area contributed by atoms with Crippen LogP contribution >= 0.6 is 0 Å². The van der Waals surface area contributed by atoms with Crippen LogP contribution in [0.3, 0.4) is 0 Å². The molecule has 42 heavy (non-hydrogen) atoms. The molecule has 1 spiro atoms. The van der Waals surface area contributed by atoms with E-state index < -0.39 is 46.8 Å². The van der Waals surface area contributed by atoms with Gasteiger partial charge in [-0.15, -0.1) is 0 Å². The van der Waals surface area contributed by atoms with E-state index >= 15 is 0 Å². The minimum Gasteiger partial charge on any atom is -0.424 e. The van der Waals surface area contributed by atoms with Gasteiger partial charge >= 0.3 is 5.97 Å². The Labute approximate surface area is 241 Å². The van der Waals surface area contributed by atoms with Crippen LogP contribution in [0.25, 0.3) is 6.08 Å². The van der Waals surface area contributed by atoms with Gasteiger partial charge in [-0.1, -0.05) is 91.0 Å². The highest BCUT2D eigenvalue weighted by atomic mass is 19.1. The van der Waals surface area contributed by atoms with E-state index in [0.717, 1.165) is 0 Å². The summed E-state index contributed by atoms with van der Waals surface area (Å²) in [5.41, 5.74) is 0.811. The molecule has 0 unspecified atom stereocenters. The van der Waals surface area contributed by atoms with Crippen LogP contribution in [0.1, 0.15) is 55.0 Å². The minimum atomic E-state index is -1.74. The van der Waals surface area contributed by atoms with E-state index in [1.165, 1.54) is 31.2 Å². The number of hydrogen-bond donors (Lipinski definition) is 0. The molecule has 3 aliphatic rings. The highest BCUT2D eigenvalue weighted by molar-refractivity contribution is 6.32. The number of hydrogen-bond acceptors (Lipinski definition) is 6. The van der Waals surface area contributed by atoms with Gasteiger partial charge in [0.05, 0.1) is 11.7 Å². The number of Topliss-reactive ketones (excluding diaryl/α,β-unsaturated/α-hetero) is 3. The number of ketones is 3. The van der Waals surface area contributed by atoms with Crippen molar-refractivity contribution in [3.63, 3.8) is 0 Å². The van der Waals surface area contributed by atoms with E-state index in [-0.39, 0.29) is 22.7 Å². The van der Waals surface area contributed by atoms with E-state index in [2.05, 4.69) is 0 Å². The predicted molar refractivity (Wildman–Crippen MR) is 154 cm³/mol. The van der Waals surface area contributed by atoms with Crippen molar-refractivity contribution in [2.24, 2.45) is 5.41 Å². The molecule has 2 aliphatic heterocycles. The molecule has 0 amide bonds. The Balaban J connectivity index is 1.57. The van der Waals surface area contributed by atoms with Crippen LogP contribution in [0.4, 0.5) is 10.1 Å².